The molecule has 1 N–H and O–H groups in total. The number of rotatable bonds is 7. The average Bonchev–Trinajstić information content (AvgIpc) is 3.12. The fourth-order valence-corrected chi connectivity index (χ4v) is 5.23. The molecular formula is C21H30N4O3S. The summed E-state index contributed by atoms with van der Waals surface area (Å²) in [4.78, 5) is 28.4. The Morgan fingerprint density at radius 3 is 2.86 bits per heavy atom. The first-order valence-electron chi connectivity index (χ1n) is 10.1. The molecule has 0 radical (unpaired) electrons. The highest BCUT2D eigenvalue weighted by Crippen LogP contribution is 2.40. The lowest BCUT2D eigenvalue weighted by molar-refractivity contribution is -0.117. The topological polar surface area (TPSA) is 76.5 Å². The lowest BCUT2D eigenvalue weighted by atomic mass is 9.88. The zero-order chi connectivity index (χ0) is 21.1. The number of amides is 1. The van der Waals surface area contributed by atoms with Gasteiger partial charge in [0.25, 0.3) is 0 Å². The molecule has 1 atom stereocenters. The Hall–Kier alpha value is -2.19. The molecular weight excluding hydrogens is 388 g/mol. The molecule has 2 heterocycles. The average molecular weight is 419 g/mol. The van der Waals surface area contributed by atoms with Crippen LogP contribution in [0.25, 0.3) is 0 Å². The van der Waals surface area contributed by atoms with Gasteiger partial charge in [0, 0.05) is 30.2 Å². The normalized spacial score (nSPS) is 16.0. The molecule has 0 saturated heterocycles. The molecule has 29 heavy (non-hydrogen) atoms. The van der Waals surface area contributed by atoms with Crippen molar-refractivity contribution in [1.29, 1.82) is 0 Å². The number of fused-ring (bicyclic) bond motifs is 1. The number of anilines is 1. The first-order chi connectivity index (χ1) is 13.8. The summed E-state index contributed by atoms with van der Waals surface area (Å²) in [5.74, 6) is 0.119. The second-order valence-electron chi connectivity index (χ2n) is 7.91. The summed E-state index contributed by atoms with van der Waals surface area (Å²) < 4.78 is 7.05. The van der Waals surface area contributed by atoms with Crippen molar-refractivity contribution in [2.24, 2.45) is 13.0 Å². The molecule has 8 heteroatoms. The molecule has 3 rings (SSSR count). The van der Waals surface area contributed by atoms with Crippen molar-refractivity contribution in [1.82, 2.24) is 14.7 Å². The second-order valence-corrected chi connectivity index (χ2v) is 9.02. The molecule has 0 fully saturated rings. The fourth-order valence-electron chi connectivity index (χ4n) is 3.82. The van der Waals surface area contributed by atoms with Gasteiger partial charge in [0.05, 0.1) is 24.4 Å². The number of aromatic nitrogens is 2. The Kier molecular flexibility index (Phi) is 6.74. The van der Waals surface area contributed by atoms with E-state index in [9.17, 15) is 9.59 Å². The Labute approximate surface area is 176 Å². The third-order valence-corrected chi connectivity index (χ3v) is 6.38. The van der Waals surface area contributed by atoms with Crippen LogP contribution in [0.4, 0.5) is 5.00 Å². The molecule has 7 nitrogen and oxygen atoms in total. The highest BCUT2D eigenvalue weighted by atomic mass is 32.1. The molecule has 0 saturated carbocycles. The Morgan fingerprint density at radius 2 is 2.21 bits per heavy atom. The predicted octanol–water partition coefficient (Wildman–Crippen LogP) is 3.16. The largest absolute Gasteiger partial charge is 0.462 e. The van der Waals surface area contributed by atoms with Gasteiger partial charge >= 0.3 is 5.97 Å². The molecule has 1 unspecified atom stereocenters. The van der Waals surface area contributed by atoms with Crippen molar-refractivity contribution in [2.45, 2.75) is 46.6 Å². The van der Waals surface area contributed by atoms with Crippen LogP contribution in [0.1, 0.15) is 52.3 Å². The highest BCUT2D eigenvalue weighted by molar-refractivity contribution is 7.17. The summed E-state index contributed by atoms with van der Waals surface area (Å²) >= 11 is 1.52. The van der Waals surface area contributed by atoms with E-state index in [1.54, 1.807) is 11.6 Å². The molecule has 2 aromatic rings. The Morgan fingerprint density at radius 1 is 1.45 bits per heavy atom. The third-order valence-electron chi connectivity index (χ3n) is 5.21. The van der Waals surface area contributed by atoms with Gasteiger partial charge in [-0.05, 0) is 51.6 Å². The van der Waals surface area contributed by atoms with E-state index in [0.29, 0.717) is 29.6 Å². The van der Waals surface area contributed by atoms with Gasteiger partial charge in [-0.2, -0.15) is 5.10 Å². The van der Waals surface area contributed by atoms with E-state index < -0.39 is 0 Å². The van der Waals surface area contributed by atoms with Gasteiger partial charge < -0.3 is 10.1 Å². The van der Waals surface area contributed by atoms with Crippen molar-refractivity contribution in [2.75, 3.05) is 25.5 Å². The summed E-state index contributed by atoms with van der Waals surface area (Å²) in [6, 6.07) is 0. The lowest BCUT2D eigenvalue weighted by Gasteiger charge is -2.18. The molecule has 158 valence electrons. The first kappa shape index (κ1) is 21.5. The molecule has 0 bridgehead atoms. The number of hydrogen-bond donors (Lipinski definition) is 1. The van der Waals surface area contributed by atoms with Crippen LogP contribution in [-0.2, 0) is 36.0 Å². The minimum Gasteiger partial charge on any atom is -0.462 e. The van der Waals surface area contributed by atoms with Gasteiger partial charge in [-0.1, -0.05) is 6.92 Å². The predicted molar refractivity (Wildman–Crippen MR) is 114 cm³/mol. The number of nitrogens with one attached hydrogen (secondary N) is 1. The van der Waals surface area contributed by atoms with Gasteiger partial charge in [-0.25, -0.2) is 4.79 Å². The van der Waals surface area contributed by atoms with Gasteiger partial charge in [-0.15, -0.1) is 11.3 Å². The molecule has 0 aromatic carbocycles. The van der Waals surface area contributed by atoms with Crippen LogP contribution in [0.2, 0.25) is 0 Å². The Bertz CT molecular complexity index is 902. The van der Waals surface area contributed by atoms with Crippen LogP contribution in [-0.4, -0.2) is 46.8 Å². The molecule has 1 aliphatic rings. The standard InChI is InChI=1S/C21H30N4O3S/c1-6-28-21(27)19-16-8-7-13(2)9-17(16)29-20(19)22-18(26)12-24(4)10-15-11-25(5)23-14(15)3/h11,13H,6-10,12H2,1-5H3,(H,22,26). The van der Waals surface area contributed by atoms with Crippen molar-refractivity contribution < 1.29 is 14.3 Å². The molecule has 2 aromatic heterocycles. The number of hydrogen-bond acceptors (Lipinski definition) is 6. The summed E-state index contributed by atoms with van der Waals surface area (Å²) in [6.07, 6.45) is 4.83. The number of thiophene rings is 1. The number of aryl methyl sites for hydroxylation is 2. The maximum atomic E-state index is 12.7. The highest BCUT2D eigenvalue weighted by Gasteiger charge is 2.29. The lowest BCUT2D eigenvalue weighted by Crippen LogP contribution is -2.30. The van der Waals surface area contributed by atoms with Crippen LogP contribution in [0, 0.1) is 12.8 Å². The van der Waals surface area contributed by atoms with E-state index in [2.05, 4.69) is 17.3 Å². The zero-order valence-corrected chi connectivity index (χ0v) is 18.7. The van der Waals surface area contributed by atoms with Gasteiger partial charge in [0.2, 0.25) is 5.91 Å². The van der Waals surface area contributed by atoms with Gasteiger partial charge in [-0.3, -0.25) is 14.4 Å². The van der Waals surface area contributed by atoms with Crippen molar-refractivity contribution in [3.8, 4) is 0 Å². The van der Waals surface area contributed by atoms with Crippen molar-refractivity contribution >= 4 is 28.2 Å². The van der Waals surface area contributed by atoms with Crippen molar-refractivity contribution in [3.63, 3.8) is 0 Å². The summed E-state index contributed by atoms with van der Waals surface area (Å²) in [6.45, 7) is 7.17. The van der Waals surface area contributed by atoms with E-state index in [1.807, 2.05) is 32.1 Å². The number of likely N-dealkylation sites (N-methyl/N-ethyl adjacent to an activating group) is 1. The van der Waals surface area contributed by atoms with E-state index >= 15 is 0 Å². The van der Waals surface area contributed by atoms with E-state index in [1.165, 1.54) is 16.2 Å². The van der Waals surface area contributed by atoms with Gasteiger partial charge in [0.15, 0.2) is 0 Å². The maximum absolute atomic E-state index is 12.7. The smallest absolute Gasteiger partial charge is 0.341 e. The SMILES string of the molecule is CCOC(=O)c1c(NC(=O)CN(C)Cc2cn(C)nc2C)sc2c1CCC(C)C2. The van der Waals surface area contributed by atoms with Crippen LogP contribution in [0.5, 0.6) is 0 Å². The summed E-state index contributed by atoms with van der Waals surface area (Å²) in [7, 11) is 3.79. The van der Waals surface area contributed by atoms with E-state index in [-0.39, 0.29) is 18.4 Å². The minimum absolute atomic E-state index is 0.133. The maximum Gasteiger partial charge on any atom is 0.341 e. The van der Waals surface area contributed by atoms with E-state index in [0.717, 1.165) is 36.1 Å². The molecule has 1 amide bonds. The van der Waals surface area contributed by atoms with Gasteiger partial charge in [0.1, 0.15) is 5.00 Å². The number of carbonyl (C=O) groups excluding carboxylic acids is 2. The van der Waals surface area contributed by atoms with Crippen LogP contribution in [0.3, 0.4) is 0 Å². The van der Waals surface area contributed by atoms with Crippen LogP contribution < -0.4 is 5.32 Å². The monoisotopic (exact) mass is 418 g/mol. The zero-order valence-electron chi connectivity index (χ0n) is 17.9. The number of nitrogens with zero attached hydrogens (tertiary/aromatic N) is 3. The quantitative estimate of drug-likeness (QED) is 0.699. The number of ether oxygens (including phenoxy) is 1. The fraction of sp³-hybridized carbons (Fsp3) is 0.571. The summed E-state index contributed by atoms with van der Waals surface area (Å²) in [5, 5.41) is 7.94. The Balaban J connectivity index is 1.72. The third kappa shape index (κ3) is 5.05. The van der Waals surface area contributed by atoms with E-state index in [4.69, 9.17) is 4.74 Å². The molecule has 1 aliphatic carbocycles. The molecule has 0 spiro atoms. The van der Waals surface area contributed by atoms with Crippen LogP contribution in [0.15, 0.2) is 6.20 Å². The van der Waals surface area contributed by atoms with Crippen LogP contribution >= 0.6 is 11.3 Å². The first-order valence-corrected chi connectivity index (χ1v) is 10.9. The minimum atomic E-state index is -0.339. The second kappa shape index (κ2) is 9.09. The number of esters is 1. The summed E-state index contributed by atoms with van der Waals surface area (Å²) in [5.41, 5.74) is 3.67. The molecule has 0 aliphatic heterocycles. The number of carbonyl (C=O) groups is 2. The van der Waals surface area contributed by atoms with Crippen molar-refractivity contribution in [3.05, 3.63) is 33.5 Å².